The van der Waals surface area contributed by atoms with E-state index in [4.69, 9.17) is 5.84 Å². The molecule has 0 aromatic heterocycles. The van der Waals surface area contributed by atoms with Gasteiger partial charge < -0.3 is 5.32 Å². The maximum absolute atomic E-state index is 13.4. The van der Waals surface area contributed by atoms with Gasteiger partial charge in [-0.15, -0.1) is 0 Å². The number of hydrogen-bond donors (Lipinski definition) is 3. The van der Waals surface area contributed by atoms with Gasteiger partial charge in [0.05, 0.1) is 10.5 Å². The van der Waals surface area contributed by atoms with E-state index in [2.05, 4.69) is 31.7 Å². The molecule has 4 nitrogen and oxygen atoms in total. The number of benzene rings is 1. The van der Waals surface area contributed by atoms with Gasteiger partial charge in [0.2, 0.25) is 5.96 Å². The zero-order chi connectivity index (χ0) is 14.5. The number of anilines is 1. The second-order valence-electron chi connectivity index (χ2n) is 5.12. The maximum atomic E-state index is 13.4. The van der Waals surface area contributed by atoms with Crippen molar-refractivity contribution in [3.8, 4) is 0 Å². The molecule has 1 aliphatic rings. The predicted molar refractivity (Wildman–Crippen MR) is 84.1 cm³/mol. The Morgan fingerprint density at radius 1 is 1.35 bits per heavy atom. The van der Waals surface area contributed by atoms with Crippen molar-refractivity contribution in [2.45, 2.75) is 45.1 Å². The molecular weight excluding hydrogens is 323 g/mol. The highest BCUT2D eigenvalue weighted by molar-refractivity contribution is 9.10. The van der Waals surface area contributed by atoms with Crippen LogP contribution in [0.25, 0.3) is 0 Å². The maximum Gasteiger partial charge on any atom is 0.210 e. The lowest BCUT2D eigenvalue weighted by Crippen LogP contribution is -2.37. The van der Waals surface area contributed by atoms with Crippen LogP contribution in [-0.4, -0.2) is 12.0 Å². The molecule has 0 bridgehead atoms. The summed E-state index contributed by atoms with van der Waals surface area (Å²) in [6, 6.07) is 3.48. The summed E-state index contributed by atoms with van der Waals surface area (Å²) in [5, 5.41) is 3.13. The molecule has 2 rings (SSSR count). The van der Waals surface area contributed by atoms with Crippen molar-refractivity contribution in [3.63, 3.8) is 0 Å². The average Bonchev–Trinajstić information content (AvgIpc) is 2.45. The Hall–Kier alpha value is -1.14. The summed E-state index contributed by atoms with van der Waals surface area (Å²) in [6.45, 7) is 1.84. The minimum atomic E-state index is -0.278. The molecular formula is C14H20BrFN4. The Morgan fingerprint density at radius 2 is 2.05 bits per heavy atom. The van der Waals surface area contributed by atoms with E-state index >= 15 is 0 Å². The second kappa shape index (κ2) is 7.04. The molecule has 0 atom stereocenters. The van der Waals surface area contributed by atoms with Crippen LogP contribution >= 0.6 is 15.9 Å². The highest BCUT2D eigenvalue weighted by Gasteiger charge is 2.14. The quantitative estimate of drug-likeness (QED) is 0.334. The fourth-order valence-corrected chi connectivity index (χ4v) is 2.75. The van der Waals surface area contributed by atoms with E-state index in [9.17, 15) is 4.39 Å². The van der Waals surface area contributed by atoms with E-state index in [1.54, 1.807) is 6.07 Å². The Morgan fingerprint density at radius 3 is 2.70 bits per heavy atom. The molecule has 0 saturated heterocycles. The third-order valence-electron chi connectivity index (χ3n) is 3.54. The van der Waals surface area contributed by atoms with Crippen molar-refractivity contribution in [1.82, 2.24) is 5.43 Å². The Balaban J connectivity index is 2.13. The van der Waals surface area contributed by atoms with E-state index in [1.807, 2.05) is 6.92 Å². The number of guanidine groups is 1. The first-order chi connectivity index (χ1) is 9.60. The lowest BCUT2D eigenvalue weighted by molar-refractivity contribution is 0.442. The highest BCUT2D eigenvalue weighted by Crippen LogP contribution is 2.25. The monoisotopic (exact) mass is 342 g/mol. The Labute approximate surface area is 127 Å². The van der Waals surface area contributed by atoms with E-state index in [0.717, 1.165) is 24.1 Å². The lowest BCUT2D eigenvalue weighted by atomic mass is 9.96. The number of nitrogens with one attached hydrogen (secondary N) is 2. The van der Waals surface area contributed by atoms with Crippen molar-refractivity contribution >= 4 is 27.6 Å². The molecule has 1 aliphatic carbocycles. The molecule has 0 heterocycles. The summed E-state index contributed by atoms with van der Waals surface area (Å²) in [6.07, 6.45) is 5.91. The summed E-state index contributed by atoms with van der Waals surface area (Å²) in [5.74, 6) is 5.77. The first-order valence-corrected chi connectivity index (χ1v) is 7.66. The minimum absolute atomic E-state index is 0.278. The third-order valence-corrected chi connectivity index (χ3v) is 4.15. The summed E-state index contributed by atoms with van der Waals surface area (Å²) >= 11 is 3.18. The van der Waals surface area contributed by atoms with Gasteiger partial charge in [0.25, 0.3) is 0 Å². The zero-order valence-corrected chi connectivity index (χ0v) is 13.1. The third kappa shape index (κ3) is 3.93. The number of aliphatic imine (C=N–C) groups is 1. The number of aryl methyl sites for hydroxylation is 1. The van der Waals surface area contributed by atoms with Gasteiger partial charge in [-0.05, 0) is 53.4 Å². The SMILES string of the molecule is Cc1cc(F)c(Br)cc1NC(=NC1CCCCC1)NN. The van der Waals surface area contributed by atoms with E-state index in [-0.39, 0.29) is 5.82 Å². The summed E-state index contributed by atoms with van der Waals surface area (Å²) < 4.78 is 13.8. The fourth-order valence-electron chi connectivity index (χ4n) is 2.41. The molecule has 4 N–H and O–H groups in total. The van der Waals surface area contributed by atoms with Gasteiger partial charge in [-0.3, -0.25) is 5.43 Å². The summed E-state index contributed by atoms with van der Waals surface area (Å²) in [5.41, 5.74) is 4.18. The average molecular weight is 343 g/mol. The molecule has 1 saturated carbocycles. The Kier molecular flexibility index (Phi) is 5.37. The molecule has 6 heteroatoms. The summed E-state index contributed by atoms with van der Waals surface area (Å²) in [4.78, 5) is 4.60. The fraction of sp³-hybridized carbons (Fsp3) is 0.500. The number of halogens is 2. The summed E-state index contributed by atoms with van der Waals surface area (Å²) in [7, 11) is 0. The number of hydrazine groups is 1. The van der Waals surface area contributed by atoms with Gasteiger partial charge in [-0.1, -0.05) is 19.3 Å². The number of nitrogens with two attached hydrogens (primary N) is 1. The first kappa shape index (κ1) is 15.3. The second-order valence-corrected chi connectivity index (χ2v) is 5.97. The van der Waals surface area contributed by atoms with Crippen molar-refractivity contribution in [1.29, 1.82) is 0 Å². The van der Waals surface area contributed by atoms with Crippen LogP contribution < -0.4 is 16.6 Å². The van der Waals surface area contributed by atoms with Crippen LogP contribution in [-0.2, 0) is 0 Å². The molecule has 0 aliphatic heterocycles. The van der Waals surface area contributed by atoms with E-state index < -0.39 is 0 Å². The first-order valence-electron chi connectivity index (χ1n) is 6.87. The van der Waals surface area contributed by atoms with Crippen molar-refractivity contribution in [2.24, 2.45) is 10.8 Å². The molecule has 0 amide bonds. The molecule has 1 fully saturated rings. The molecule has 20 heavy (non-hydrogen) atoms. The Bertz CT molecular complexity index is 498. The molecule has 1 aromatic carbocycles. The normalized spacial score (nSPS) is 17.1. The molecule has 0 unspecified atom stereocenters. The van der Waals surface area contributed by atoms with Crippen molar-refractivity contribution < 1.29 is 4.39 Å². The standard InChI is InChI=1S/C14H20BrFN4/c1-9-7-12(16)11(15)8-13(9)19-14(20-17)18-10-5-3-2-4-6-10/h7-8,10H,2-6,17H2,1H3,(H2,18,19,20). The molecule has 0 spiro atoms. The van der Waals surface area contributed by atoms with Gasteiger partial charge in [0.15, 0.2) is 0 Å². The molecule has 110 valence electrons. The van der Waals surface area contributed by atoms with Crippen LogP contribution in [0.5, 0.6) is 0 Å². The van der Waals surface area contributed by atoms with Gasteiger partial charge >= 0.3 is 0 Å². The number of nitrogens with zero attached hydrogens (tertiary/aromatic N) is 1. The smallest absolute Gasteiger partial charge is 0.210 e. The van der Waals surface area contributed by atoms with Gasteiger partial charge in [0.1, 0.15) is 5.82 Å². The minimum Gasteiger partial charge on any atom is -0.325 e. The number of hydrogen-bond acceptors (Lipinski definition) is 2. The zero-order valence-electron chi connectivity index (χ0n) is 11.5. The van der Waals surface area contributed by atoms with E-state index in [0.29, 0.717) is 16.5 Å². The number of rotatable bonds is 2. The van der Waals surface area contributed by atoms with Gasteiger partial charge in [-0.25, -0.2) is 15.2 Å². The van der Waals surface area contributed by atoms with Crippen LogP contribution in [0.2, 0.25) is 0 Å². The van der Waals surface area contributed by atoms with Crippen LogP contribution in [0, 0.1) is 12.7 Å². The van der Waals surface area contributed by atoms with E-state index in [1.165, 1.54) is 25.3 Å². The van der Waals surface area contributed by atoms with Crippen molar-refractivity contribution in [3.05, 3.63) is 28.0 Å². The van der Waals surface area contributed by atoms with Crippen LogP contribution in [0.15, 0.2) is 21.6 Å². The lowest BCUT2D eigenvalue weighted by Gasteiger charge is -2.20. The van der Waals surface area contributed by atoms with Gasteiger partial charge in [-0.2, -0.15) is 0 Å². The van der Waals surface area contributed by atoms with Crippen LogP contribution in [0.1, 0.15) is 37.7 Å². The highest BCUT2D eigenvalue weighted by atomic mass is 79.9. The van der Waals surface area contributed by atoms with Crippen molar-refractivity contribution in [2.75, 3.05) is 5.32 Å². The topological polar surface area (TPSA) is 62.4 Å². The molecule has 0 radical (unpaired) electrons. The largest absolute Gasteiger partial charge is 0.325 e. The van der Waals surface area contributed by atoms with Crippen LogP contribution in [0.4, 0.5) is 10.1 Å². The van der Waals surface area contributed by atoms with Gasteiger partial charge in [0, 0.05) is 5.69 Å². The van der Waals surface area contributed by atoms with Crippen LogP contribution in [0.3, 0.4) is 0 Å². The molecule has 1 aromatic rings. The predicted octanol–water partition coefficient (Wildman–Crippen LogP) is 3.46.